The maximum atomic E-state index is 5.38. The lowest BCUT2D eigenvalue weighted by Crippen LogP contribution is -1.81. The maximum absolute atomic E-state index is 5.38. The highest BCUT2D eigenvalue weighted by molar-refractivity contribution is 5.55. The number of H-pyrrole nitrogens is 2. The Balaban J connectivity index is 2.45. The molecule has 0 atom stereocenters. The standard InChI is InChI=1S/C5H6N6/c6-5-1-3(8-10-5)4-2-7-11-9-4/h1-2H,(H3,6,8,10)(H,7,9,11). The van der Waals surface area contributed by atoms with Crippen LogP contribution in [-0.2, 0) is 0 Å². The van der Waals surface area contributed by atoms with Crippen molar-refractivity contribution in [3.8, 4) is 11.4 Å². The van der Waals surface area contributed by atoms with Gasteiger partial charge in [0.15, 0.2) is 0 Å². The van der Waals surface area contributed by atoms with Crippen molar-refractivity contribution < 1.29 is 0 Å². The van der Waals surface area contributed by atoms with Gasteiger partial charge in [0.25, 0.3) is 0 Å². The van der Waals surface area contributed by atoms with Gasteiger partial charge in [-0.3, -0.25) is 5.10 Å². The monoisotopic (exact) mass is 150 g/mol. The van der Waals surface area contributed by atoms with Crippen molar-refractivity contribution >= 4 is 5.82 Å². The molecule has 0 aliphatic carbocycles. The second-order valence-electron chi connectivity index (χ2n) is 2.06. The van der Waals surface area contributed by atoms with Crippen molar-refractivity contribution in [2.24, 2.45) is 0 Å². The number of aromatic amines is 2. The predicted octanol–water partition coefficient (Wildman–Crippen LogP) is -0.223. The summed E-state index contributed by atoms with van der Waals surface area (Å²) in [5.74, 6) is 0.447. The number of hydrogen-bond donors (Lipinski definition) is 3. The van der Waals surface area contributed by atoms with Crippen LogP contribution in [0.4, 0.5) is 5.82 Å². The fourth-order valence-electron chi connectivity index (χ4n) is 0.800. The predicted molar refractivity (Wildman–Crippen MR) is 38.4 cm³/mol. The average molecular weight is 150 g/mol. The molecule has 0 aromatic carbocycles. The van der Waals surface area contributed by atoms with Gasteiger partial charge in [0, 0.05) is 6.07 Å². The first-order chi connectivity index (χ1) is 5.36. The Kier molecular flexibility index (Phi) is 1.12. The summed E-state index contributed by atoms with van der Waals surface area (Å²) in [6, 6.07) is 1.69. The molecule has 56 valence electrons. The van der Waals surface area contributed by atoms with Gasteiger partial charge in [-0.25, -0.2) is 0 Å². The Bertz CT molecular complexity index is 333. The molecule has 0 fully saturated rings. The third kappa shape index (κ3) is 0.936. The third-order valence-corrected chi connectivity index (χ3v) is 1.29. The van der Waals surface area contributed by atoms with Crippen LogP contribution < -0.4 is 5.73 Å². The summed E-state index contributed by atoms with van der Waals surface area (Å²) in [5, 5.41) is 16.4. The van der Waals surface area contributed by atoms with Crippen LogP contribution in [0, 0.1) is 0 Å². The van der Waals surface area contributed by atoms with E-state index in [0.29, 0.717) is 11.5 Å². The molecule has 0 unspecified atom stereocenters. The summed E-state index contributed by atoms with van der Waals surface area (Å²) in [7, 11) is 0. The molecule has 0 spiro atoms. The van der Waals surface area contributed by atoms with Crippen molar-refractivity contribution in [2.75, 3.05) is 5.73 Å². The highest BCUT2D eigenvalue weighted by Gasteiger charge is 2.02. The van der Waals surface area contributed by atoms with Gasteiger partial charge in [-0.2, -0.15) is 20.5 Å². The molecule has 11 heavy (non-hydrogen) atoms. The molecule has 2 rings (SSSR count). The number of hydrogen-bond acceptors (Lipinski definition) is 4. The fraction of sp³-hybridized carbons (Fsp3) is 0. The van der Waals surface area contributed by atoms with Crippen LogP contribution in [0.5, 0.6) is 0 Å². The van der Waals surface area contributed by atoms with Crippen LogP contribution >= 0.6 is 0 Å². The lowest BCUT2D eigenvalue weighted by molar-refractivity contribution is 0.940. The number of nitrogen functional groups attached to an aromatic ring is 1. The SMILES string of the molecule is Nc1cc(-c2cn[nH]n2)[nH]n1. The summed E-state index contributed by atoms with van der Waals surface area (Å²) in [5.41, 5.74) is 6.85. The first-order valence-corrected chi connectivity index (χ1v) is 3.03. The first-order valence-electron chi connectivity index (χ1n) is 3.03. The molecule has 2 aromatic rings. The molecule has 4 N–H and O–H groups in total. The largest absolute Gasteiger partial charge is 0.382 e. The zero-order chi connectivity index (χ0) is 7.68. The normalized spacial score (nSPS) is 10.2. The second kappa shape index (κ2) is 2.08. The summed E-state index contributed by atoms with van der Waals surface area (Å²) in [6.45, 7) is 0. The molecule has 0 amide bonds. The van der Waals surface area contributed by atoms with Gasteiger partial charge in [-0.05, 0) is 0 Å². The van der Waals surface area contributed by atoms with Crippen molar-refractivity contribution in [1.29, 1.82) is 0 Å². The minimum absolute atomic E-state index is 0.447. The van der Waals surface area contributed by atoms with E-state index >= 15 is 0 Å². The number of nitrogens with zero attached hydrogens (tertiary/aromatic N) is 3. The van der Waals surface area contributed by atoms with E-state index in [1.54, 1.807) is 12.3 Å². The van der Waals surface area contributed by atoms with Gasteiger partial charge in [-0.1, -0.05) is 0 Å². The summed E-state index contributed by atoms with van der Waals surface area (Å²) >= 11 is 0. The Hall–Kier alpha value is -1.85. The Morgan fingerprint density at radius 1 is 1.36 bits per heavy atom. The van der Waals surface area contributed by atoms with Crippen LogP contribution in [0.1, 0.15) is 0 Å². The van der Waals surface area contributed by atoms with E-state index in [2.05, 4.69) is 25.6 Å². The van der Waals surface area contributed by atoms with E-state index in [1.165, 1.54) is 0 Å². The van der Waals surface area contributed by atoms with Gasteiger partial charge in [-0.15, -0.1) is 0 Å². The molecular weight excluding hydrogens is 144 g/mol. The van der Waals surface area contributed by atoms with Crippen LogP contribution in [0.2, 0.25) is 0 Å². The van der Waals surface area contributed by atoms with Crippen LogP contribution in [0.3, 0.4) is 0 Å². The Morgan fingerprint density at radius 2 is 2.27 bits per heavy atom. The maximum Gasteiger partial charge on any atom is 0.145 e. The van der Waals surface area contributed by atoms with Gasteiger partial charge in [0.05, 0.1) is 11.9 Å². The van der Waals surface area contributed by atoms with Crippen LogP contribution in [-0.4, -0.2) is 25.6 Å². The fourth-order valence-corrected chi connectivity index (χ4v) is 0.800. The minimum atomic E-state index is 0.447. The molecule has 0 aliphatic heterocycles. The van der Waals surface area contributed by atoms with Gasteiger partial charge >= 0.3 is 0 Å². The third-order valence-electron chi connectivity index (χ3n) is 1.29. The zero-order valence-corrected chi connectivity index (χ0v) is 5.57. The zero-order valence-electron chi connectivity index (χ0n) is 5.57. The molecular formula is C5H6N6. The van der Waals surface area contributed by atoms with Crippen molar-refractivity contribution in [3.05, 3.63) is 12.3 Å². The van der Waals surface area contributed by atoms with Crippen molar-refractivity contribution in [1.82, 2.24) is 25.6 Å². The van der Waals surface area contributed by atoms with Gasteiger partial charge in [0.1, 0.15) is 11.5 Å². The molecule has 6 nitrogen and oxygen atoms in total. The number of rotatable bonds is 1. The molecule has 2 aromatic heterocycles. The molecule has 0 saturated carbocycles. The molecule has 0 radical (unpaired) electrons. The van der Waals surface area contributed by atoms with Crippen molar-refractivity contribution in [3.63, 3.8) is 0 Å². The number of nitrogens with one attached hydrogen (secondary N) is 2. The summed E-state index contributed by atoms with van der Waals surface area (Å²) in [6.07, 6.45) is 1.59. The van der Waals surface area contributed by atoms with Crippen LogP contribution in [0.15, 0.2) is 12.3 Å². The smallest absolute Gasteiger partial charge is 0.145 e. The van der Waals surface area contributed by atoms with E-state index in [1.807, 2.05) is 0 Å². The lowest BCUT2D eigenvalue weighted by Gasteiger charge is -1.82. The molecule has 0 bridgehead atoms. The molecule has 0 aliphatic rings. The Labute approximate surface area is 61.8 Å². The lowest BCUT2D eigenvalue weighted by atomic mass is 10.3. The van der Waals surface area contributed by atoms with E-state index in [9.17, 15) is 0 Å². The molecule has 0 saturated heterocycles. The second-order valence-corrected chi connectivity index (χ2v) is 2.06. The van der Waals surface area contributed by atoms with Crippen LogP contribution in [0.25, 0.3) is 11.4 Å². The highest BCUT2D eigenvalue weighted by atomic mass is 15.3. The molecule has 2 heterocycles. The van der Waals surface area contributed by atoms with Gasteiger partial charge in [0.2, 0.25) is 0 Å². The topological polar surface area (TPSA) is 96.3 Å². The van der Waals surface area contributed by atoms with Gasteiger partial charge < -0.3 is 5.73 Å². The highest BCUT2D eigenvalue weighted by Crippen LogP contribution is 2.12. The van der Waals surface area contributed by atoms with E-state index in [-0.39, 0.29) is 0 Å². The molecule has 6 heteroatoms. The average Bonchev–Trinajstić information content (AvgIpc) is 2.55. The van der Waals surface area contributed by atoms with Crippen molar-refractivity contribution in [2.45, 2.75) is 0 Å². The minimum Gasteiger partial charge on any atom is -0.382 e. The Morgan fingerprint density at radius 3 is 2.82 bits per heavy atom. The summed E-state index contributed by atoms with van der Waals surface area (Å²) in [4.78, 5) is 0. The van der Waals surface area contributed by atoms with E-state index in [0.717, 1.165) is 5.69 Å². The number of aromatic nitrogens is 5. The summed E-state index contributed by atoms with van der Waals surface area (Å²) < 4.78 is 0. The quantitative estimate of drug-likeness (QED) is 0.523. The number of anilines is 1. The number of nitrogens with two attached hydrogens (primary N) is 1. The first kappa shape index (κ1) is 5.90. The van der Waals surface area contributed by atoms with E-state index < -0.39 is 0 Å². The van der Waals surface area contributed by atoms with E-state index in [4.69, 9.17) is 5.73 Å².